The number of carbonyl (C=O) groups is 1. The summed E-state index contributed by atoms with van der Waals surface area (Å²) in [5.41, 5.74) is 5.00. The number of benzene rings is 1. The van der Waals surface area contributed by atoms with Gasteiger partial charge in [0.05, 0.1) is 5.56 Å². The fraction of sp³-hybridized carbons (Fsp3) is 0.400. The average Bonchev–Trinajstić information content (AvgIpc) is 2.27. The van der Waals surface area contributed by atoms with Crippen LogP contribution in [0, 0.1) is 27.7 Å². The van der Waals surface area contributed by atoms with Crippen molar-refractivity contribution in [2.75, 3.05) is 6.61 Å². The summed E-state index contributed by atoms with van der Waals surface area (Å²) >= 11 is 0. The molecule has 0 unspecified atom stereocenters. The Balaban J connectivity index is 3.08. The molecule has 0 aliphatic carbocycles. The summed E-state index contributed by atoms with van der Waals surface area (Å²) in [6, 6.07) is 2.10. The maximum absolute atomic E-state index is 12.0. The molecule has 0 fully saturated rings. The van der Waals surface area contributed by atoms with E-state index >= 15 is 0 Å². The van der Waals surface area contributed by atoms with Crippen molar-refractivity contribution in [3.8, 4) is 0 Å². The molecule has 0 spiro atoms. The second-order valence-electron chi connectivity index (χ2n) is 4.30. The van der Waals surface area contributed by atoms with E-state index in [9.17, 15) is 4.79 Å². The molecule has 0 aliphatic rings. The molecule has 0 atom stereocenters. The van der Waals surface area contributed by atoms with Crippen molar-refractivity contribution in [2.24, 2.45) is 0 Å². The lowest BCUT2D eigenvalue weighted by Crippen LogP contribution is -2.11. The molecule has 0 radical (unpaired) electrons. The Labute approximate surface area is 103 Å². The molecule has 0 aromatic heterocycles. The number of hydrogen-bond donors (Lipinski definition) is 0. The third-order valence-corrected chi connectivity index (χ3v) is 3.12. The van der Waals surface area contributed by atoms with E-state index in [4.69, 9.17) is 4.74 Å². The molecule has 1 aromatic carbocycles. The Bertz CT molecular complexity index is 430. The summed E-state index contributed by atoms with van der Waals surface area (Å²) in [5, 5.41) is 0. The fourth-order valence-corrected chi connectivity index (χ4v) is 1.82. The number of hydrogen-bond acceptors (Lipinski definition) is 2. The minimum Gasteiger partial charge on any atom is -0.458 e. The maximum atomic E-state index is 12.0. The molecule has 0 heterocycles. The molecule has 2 heteroatoms. The lowest BCUT2D eigenvalue weighted by molar-refractivity contribution is 0.0547. The fourth-order valence-electron chi connectivity index (χ4n) is 1.82. The van der Waals surface area contributed by atoms with Crippen LogP contribution in [0.25, 0.3) is 0 Å². The van der Waals surface area contributed by atoms with Crippen LogP contribution in [0.3, 0.4) is 0 Å². The van der Waals surface area contributed by atoms with Gasteiger partial charge in [0.15, 0.2) is 0 Å². The van der Waals surface area contributed by atoms with Crippen LogP contribution in [0.4, 0.5) is 0 Å². The first-order valence-electron chi connectivity index (χ1n) is 5.84. The van der Waals surface area contributed by atoms with Crippen LogP contribution in [0.5, 0.6) is 0 Å². The molecule has 0 N–H and O–H groups in total. The zero-order valence-corrected chi connectivity index (χ0v) is 11.3. The van der Waals surface area contributed by atoms with Crippen LogP contribution in [0.1, 0.15) is 39.5 Å². The van der Waals surface area contributed by atoms with Crippen molar-refractivity contribution in [3.63, 3.8) is 0 Å². The summed E-state index contributed by atoms with van der Waals surface area (Å²) in [5.74, 6) is -0.232. The summed E-state index contributed by atoms with van der Waals surface area (Å²) in [6.07, 6.45) is 3.69. The Kier molecular flexibility index (Phi) is 4.50. The highest BCUT2D eigenvalue weighted by Crippen LogP contribution is 2.22. The van der Waals surface area contributed by atoms with Crippen molar-refractivity contribution in [3.05, 3.63) is 46.0 Å². The van der Waals surface area contributed by atoms with Gasteiger partial charge in [-0.1, -0.05) is 18.2 Å². The SMILES string of the molecule is CC=CCOC(=O)c1c(C)c(C)cc(C)c1C. The Morgan fingerprint density at radius 1 is 1.18 bits per heavy atom. The van der Waals surface area contributed by atoms with E-state index in [1.807, 2.05) is 46.8 Å². The molecule has 0 bridgehead atoms. The lowest BCUT2D eigenvalue weighted by atomic mass is 9.94. The molecular formula is C15H20O2. The van der Waals surface area contributed by atoms with Gasteiger partial charge < -0.3 is 4.74 Å². The zero-order valence-electron chi connectivity index (χ0n) is 11.3. The average molecular weight is 232 g/mol. The van der Waals surface area contributed by atoms with Crippen LogP contribution in [0.2, 0.25) is 0 Å². The van der Waals surface area contributed by atoms with Crippen LogP contribution in [0.15, 0.2) is 18.2 Å². The predicted molar refractivity (Wildman–Crippen MR) is 70.5 cm³/mol. The van der Waals surface area contributed by atoms with Gasteiger partial charge in [-0.3, -0.25) is 0 Å². The van der Waals surface area contributed by atoms with Gasteiger partial charge in [-0.05, 0) is 56.9 Å². The van der Waals surface area contributed by atoms with Crippen molar-refractivity contribution < 1.29 is 9.53 Å². The summed E-state index contributed by atoms with van der Waals surface area (Å²) in [6.45, 7) is 10.2. The summed E-state index contributed by atoms with van der Waals surface area (Å²) in [4.78, 5) is 12.0. The van der Waals surface area contributed by atoms with Gasteiger partial charge in [0, 0.05) is 0 Å². The van der Waals surface area contributed by atoms with Crippen LogP contribution in [-0.2, 0) is 4.74 Å². The third kappa shape index (κ3) is 2.96. The first-order chi connectivity index (χ1) is 7.99. The number of aryl methyl sites for hydroxylation is 2. The zero-order chi connectivity index (χ0) is 13.0. The Morgan fingerprint density at radius 2 is 1.71 bits per heavy atom. The predicted octanol–water partition coefficient (Wildman–Crippen LogP) is 3.65. The smallest absolute Gasteiger partial charge is 0.338 e. The standard InChI is InChI=1S/C15H20O2/c1-6-7-8-17-15(16)14-12(4)10(2)9-11(3)13(14)5/h6-7,9H,8H2,1-5H3. The highest BCUT2D eigenvalue weighted by atomic mass is 16.5. The van der Waals surface area contributed by atoms with Gasteiger partial charge in [-0.25, -0.2) is 4.79 Å². The van der Waals surface area contributed by atoms with Crippen molar-refractivity contribution in [1.29, 1.82) is 0 Å². The quantitative estimate of drug-likeness (QED) is 0.587. The molecule has 0 saturated heterocycles. The summed E-state index contributed by atoms with van der Waals surface area (Å²) < 4.78 is 5.21. The van der Waals surface area contributed by atoms with E-state index < -0.39 is 0 Å². The van der Waals surface area contributed by atoms with Gasteiger partial charge in [0.2, 0.25) is 0 Å². The van der Waals surface area contributed by atoms with E-state index in [0.717, 1.165) is 22.3 Å². The van der Waals surface area contributed by atoms with Crippen molar-refractivity contribution >= 4 is 5.97 Å². The van der Waals surface area contributed by atoms with Gasteiger partial charge in [0.25, 0.3) is 0 Å². The van der Waals surface area contributed by atoms with Gasteiger partial charge in [-0.15, -0.1) is 0 Å². The monoisotopic (exact) mass is 232 g/mol. The molecule has 1 rings (SSSR count). The van der Waals surface area contributed by atoms with Crippen molar-refractivity contribution in [1.82, 2.24) is 0 Å². The van der Waals surface area contributed by atoms with Gasteiger partial charge in [0.1, 0.15) is 6.61 Å². The Hall–Kier alpha value is -1.57. The molecule has 0 aliphatic heterocycles. The molecule has 92 valence electrons. The number of esters is 1. The van der Waals surface area contributed by atoms with E-state index in [2.05, 4.69) is 6.07 Å². The molecular weight excluding hydrogens is 212 g/mol. The normalized spacial score (nSPS) is 10.9. The van der Waals surface area contributed by atoms with Crippen LogP contribution < -0.4 is 0 Å². The number of carbonyl (C=O) groups excluding carboxylic acids is 1. The topological polar surface area (TPSA) is 26.3 Å². The second-order valence-corrected chi connectivity index (χ2v) is 4.30. The minimum absolute atomic E-state index is 0.232. The molecule has 0 saturated carbocycles. The first-order valence-corrected chi connectivity index (χ1v) is 5.84. The van der Waals surface area contributed by atoms with Crippen molar-refractivity contribution in [2.45, 2.75) is 34.6 Å². The number of ether oxygens (including phenoxy) is 1. The second kappa shape index (κ2) is 5.67. The molecule has 0 amide bonds. The summed E-state index contributed by atoms with van der Waals surface area (Å²) in [7, 11) is 0. The first kappa shape index (κ1) is 13.5. The molecule has 17 heavy (non-hydrogen) atoms. The molecule has 1 aromatic rings. The maximum Gasteiger partial charge on any atom is 0.338 e. The van der Waals surface area contributed by atoms with Gasteiger partial charge in [-0.2, -0.15) is 0 Å². The number of rotatable bonds is 3. The van der Waals surface area contributed by atoms with E-state index in [1.54, 1.807) is 0 Å². The number of allylic oxidation sites excluding steroid dienone is 1. The molecule has 2 nitrogen and oxygen atoms in total. The largest absolute Gasteiger partial charge is 0.458 e. The highest BCUT2D eigenvalue weighted by Gasteiger charge is 2.16. The van der Waals surface area contributed by atoms with Crippen LogP contribution in [-0.4, -0.2) is 12.6 Å². The van der Waals surface area contributed by atoms with Gasteiger partial charge >= 0.3 is 5.97 Å². The van der Waals surface area contributed by atoms with Crippen LogP contribution >= 0.6 is 0 Å². The highest BCUT2D eigenvalue weighted by molar-refractivity contribution is 5.93. The lowest BCUT2D eigenvalue weighted by Gasteiger charge is -2.13. The minimum atomic E-state index is -0.232. The third-order valence-electron chi connectivity index (χ3n) is 3.12. The van der Waals surface area contributed by atoms with E-state index in [0.29, 0.717) is 12.2 Å². The van der Waals surface area contributed by atoms with E-state index in [1.165, 1.54) is 0 Å². The Morgan fingerprint density at radius 3 is 2.18 bits per heavy atom. The van der Waals surface area contributed by atoms with E-state index in [-0.39, 0.29) is 5.97 Å².